The van der Waals surface area contributed by atoms with Crippen LogP contribution in [0.1, 0.15) is 21.5 Å². The molecule has 1 aromatic heterocycles. The molecule has 0 saturated heterocycles. The molecule has 166 valence electrons. The first-order chi connectivity index (χ1) is 16.5. The van der Waals surface area contributed by atoms with Gasteiger partial charge in [-0.15, -0.1) is 0 Å². The van der Waals surface area contributed by atoms with E-state index in [1.807, 2.05) is 47.3 Å². The molecule has 3 aromatic carbocycles. The van der Waals surface area contributed by atoms with Crippen LogP contribution in [0.25, 0.3) is 5.69 Å². The number of carbonyl (C=O) groups excluding carboxylic acids is 1. The van der Waals surface area contributed by atoms with Gasteiger partial charge in [-0.3, -0.25) is 14.9 Å². The van der Waals surface area contributed by atoms with Crippen molar-refractivity contribution in [3.05, 3.63) is 118 Å². The highest BCUT2D eigenvalue weighted by molar-refractivity contribution is 5.98. The predicted octanol–water partition coefficient (Wildman–Crippen LogP) is 4.81. The van der Waals surface area contributed by atoms with Crippen molar-refractivity contribution in [3.63, 3.8) is 0 Å². The van der Waals surface area contributed by atoms with Crippen LogP contribution in [-0.4, -0.2) is 21.6 Å². The zero-order valence-electron chi connectivity index (χ0n) is 17.7. The molecular formula is C25H17N5O4. The zero-order chi connectivity index (χ0) is 23.9. The summed E-state index contributed by atoms with van der Waals surface area (Å²) >= 11 is 0. The highest BCUT2D eigenvalue weighted by atomic mass is 16.6. The predicted molar refractivity (Wildman–Crippen MR) is 125 cm³/mol. The van der Waals surface area contributed by atoms with Gasteiger partial charge in [0.15, 0.2) is 0 Å². The molecule has 0 fully saturated rings. The molecule has 1 N–H and O–H groups in total. The lowest BCUT2D eigenvalue weighted by Gasteiger charge is -2.09. The Hall–Kier alpha value is -5.23. The first-order valence-electron chi connectivity index (χ1n) is 10.1. The molecular weight excluding hydrogens is 434 g/mol. The fourth-order valence-electron chi connectivity index (χ4n) is 3.17. The molecule has 9 nitrogen and oxygen atoms in total. The van der Waals surface area contributed by atoms with Gasteiger partial charge in [-0.05, 0) is 60.2 Å². The van der Waals surface area contributed by atoms with Crippen molar-refractivity contribution in [2.75, 3.05) is 0 Å². The van der Waals surface area contributed by atoms with E-state index in [1.54, 1.807) is 36.4 Å². The Labute approximate surface area is 194 Å². The number of para-hydroxylation sites is 1. The molecule has 34 heavy (non-hydrogen) atoms. The number of nitro groups is 1. The second-order valence-electron chi connectivity index (χ2n) is 7.03. The molecule has 4 aromatic rings. The van der Waals surface area contributed by atoms with Crippen LogP contribution in [-0.2, 0) is 0 Å². The summed E-state index contributed by atoms with van der Waals surface area (Å²) in [7, 11) is 0. The maximum Gasteiger partial charge on any atom is 0.273 e. The van der Waals surface area contributed by atoms with E-state index in [9.17, 15) is 20.2 Å². The number of nitriles is 1. The Bertz CT molecular complexity index is 1400. The number of rotatable bonds is 7. The van der Waals surface area contributed by atoms with Crippen LogP contribution in [0.2, 0.25) is 0 Å². The van der Waals surface area contributed by atoms with E-state index < -0.39 is 4.92 Å². The largest absolute Gasteiger partial charge is 0.456 e. The number of nitrogens with zero attached hydrogens (tertiary/aromatic N) is 4. The molecule has 0 aliphatic rings. The van der Waals surface area contributed by atoms with Gasteiger partial charge in [-0.2, -0.15) is 10.4 Å². The van der Waals surface area contributed by atoms with Gasteiger partial charge in [0.05, 0.1) is 22.4 Å². The van der Waals surface area contributed by atoms with Gasteiger partial charge >= 0.3 is 0 Å². The Morgan fingerprint density at radius 3 is 2.50 bits per heavy atom. The lowest BCUT2D eigenvalue weighted by molar-refractivity contribution is -0.384. The normalized spacial score (nSPS) is 10.6. The summed E-state index contributed by atoms with van der Waals surface area (Å²) < 4.78 is 7.52. The van der Waals surface area contributed by atoms with E-state index in [0.29, 0.717) is 16.9 Å². The Kier molecular flexibility index (Phi) is 6.42. The maximum atomic E-state index is 12.6. The van der Waals surface area contributed by atoms with Gasteiger partial charge in [-0.25, -0.2) is 5.43 Å². The lowest BCUT2D eigenvalue weighted by atomic mass is 10.1. The van der Waals surface area contributed by atoms with Crippen LogP contribution >= 0.6 is 0 Å². The number of hydrazone groups is 1. The van der Waals surface area contributed by atoms with Gasteiger partial charge in [0.1, 0.15) is 23.1 Å². The summed E-state index contributed by atoms with van der Waals surface area (Å²) in [6, 6.07) is 23.4. The van der Waals surface area contributed by atoms with E-state index in [4.69, 9.17) is 4.74 Å². The van der Waals surface area contributed by atoms with E-state index in [1.165, 1.54) is 18.3 Å². The molecule has 0 aliphatic carbocycles. The minimum Gasteiger partial charge on any atom is -0.456 e. The van der Waals surface area contributed by atoms with E-state index in [2.05, 4.69) is 10.5 Å². The van der Waals surface area contributed by atoms with Gasteiger partial charge in [-0.1, -0.05) is 12.1 Å². The second kappa shape index (κ2) is 9.93. The Morgan fingerprint density at radius 2 is 1.79 bits per heavy atom. The third-order valence-electron chi connectivity index (χ3n) is 4.81. The topological polar surface area (TPSA) is 123 Å². The van der Waals surface area contributed by atoms with E-state index in [0.717, 1.165) is 11.8 Å². The first kappa shape index (κ1) is 22.0. The van der Waals surface area contributed by atoms with Crippen molar-refractivity contribution in [1.29, 1.82) is 5.26 Å². The van der Waals surface area contributed by atoms with Gasteiger partial charge in [0.2, 0.25) is 0 Å². The minimum atomic E-state index is -0.573. The number of benzene rings is 3. The Balaban J connectivity index is 1.41. The smallest absolute Gasteiger partial charge is 0.273 e. The van der Waals surface area contributed by atoms with Gasteiger partial charge in [0.25, 0.3) is 11.6 Å². The van der Waals surface area contributed by atoms with Crippen molar-refractivity contribution in [2.45, 2.75) is 0 Å². The zero-order valence-corrected chi connectivity index (χ0v) is 17.7. The maximum absolute atomic E-state index is 12.6. The number of ether oxygens (including phenoxy) is 1. The third-order valence-corrected chi connectivity index (χ3v) is 4.81. The highest BCUT2D eigenvalue weighted by Crippen LogP contribution is 2.28. The molecule has 1 amide bonds. The molecule has 0 atom stereocenters. The molecule has 0 radical (unpaired) electrons. The van der Waals surface area contributed by atoms with Crippen LogP contribution in [0.4, 0.5) is 5.69 Å². The quantitative estimate of drug-likeness (QED) is 0.245. The third kappa shape index (κ3) is 4.98. The number of nitro benzene ring substituents is 1. The molecule has 4 rings (SSSR count). The van der Waals surface area contributed by atoms with Crippen LogP contribution in [0.3, 0.4) is 0 Å². The van der Waals surface area contributed by atoms with Crippen LogP contribution in [0.15, 0.2) is 96.4 Å². The number of hydrogen-bond acceptors (Lipinski definition) is 6. The summed E-state index contributed by atoms with van der Waals surface area (Å²) in [5.41, 5.74) is 4.33. The van der Waals surface area contributed by atoms with Gasteiger partial charge in [0, 0.05) is 24.5 Å². The Morgan fingerprint density at radius 1 is 1.06 bits per heavy atom. The summed E-state index contributed by atoms with van der Waals surface area (Å²) in [6.45, 7) is 0. The van der Waals surface area contributed by atoms with Crippen LogP contribution in [0.5, 0.6) is 11.5 Å². The molecule has 0 unspecified atom stereocenters. The molecule has 1 heterocycles. The van der Waals surface area contributed by atoms with Gasteiger partial charge < -0.3 is 9.30 Å². The molecule has 9 heteroatoms. The minimum absolute atomic E-state index is 0.0581. The van der Waals surface area contributed by atoms with E-state index in [-0.39, 0.29) is 22.9 Å². The number of nitrogens with one attached hydrogen (secondary N) is 1. The van der Waals surface area contributed by atoms with Crippen molar-refractivity contribution >= 4 is 17.8 Å². The molecule has 0 aliphatic heterocycles. The summed E-state index contributed by atoms with van der Waals surface area (Å²) in [5, 5.41) is 24.1. The lowest BCUT2D eigenvalue weighted by Crippen LogP contribution is -2.19. The number of aromatic nitrogens is 1. The van der Waals surface area contributed by atoms with Crippen molar-refractivity contribution in [3.8, 4) is 23.3 Å². The highest BCUT2D eigenvalue weighted by Gasteiger charge is 2.13. The second-order valence-corrected chi connectivity index (χ2v) is 7.03. The van der Waals surface area contributed by atoms with E-state index >= 15 is 0 Å². The molecule has 0 bridgehead atoms. The first-order valence-corrected chi connectivity index (χ1v) is 10.1. The van der Waals surface area contributed by atoms with Crippen LogP contribution < -0.4 is 10.2 Å². The number of carbonyl (C=O) groups is 1. The molecule has 0 saturated carbocycles. The summed E-state index contributed by atoms with van der Waals surface area (Å²) in [4.78, 5) is 22.9. The number of amides is 1. The van der Waals surface area contributed by atoms with Crippen molar-refractivity contribution < 1.29 is 14.5 Å². The fourth-order valence-corrected chi connectivity index (χ4v) is 3.17. The van der Waals surface area contributed by atoms with Crippen molar-refractivity contribution in [2.24, 2.45) is 5.10 Å². The SMILES string of the molecule is N#Cc1cc([N+](=O)[O-])ccc1Oc1ccc(C=NNC(=O)c2ccccc2-n2cccc2)cc1. The average molecular weight is 451 g/mol. The summed E-state index contributed by atoms with van der Waals surface area (Å²) in [5.74, 6) is 0.304. The van der Waals surface area contributed by atoms with Crippen molar-refractivity contribution in [1.82, 2.24) is 9.99 Å². The number of hydrogen-bond donors (Lipinski definition) is 1. The standard InChI is InChI=1S/C25H17N5O4/c26-16-19-15-20(30(32)33)9-12-24(19)34-21-10-7-18(8-11-21)17-27-28-25(31)22-5-1-2-6-23(22)29-13-3-4-14-29/h1-15,17H,(H,28,31). The number of non-ortho nitro benzene ring substituents is 1. The monoisotopic (exact) mass is 451 g/mol. The fraction of sp³-hybridized carbons (Fsp3) is 0. The van der Waals surface area contributed by atoms with Crippen LogP contribution in [0, 0.1) is 21.4 Å². The summed E-state index contributed by atoms with van der Waals surface area (Å²) in [6.07, 6.45) is 5.21. The average Bonchev–Trinajstić information content (AvgIpc) is 3.40. The molecule has 0 spiro atoms.